The van der Waals surface area contributed by atoms with Crippen LogP contribution in [0.4, 0.5) is 0 Å². The predicted octanol–water partition coefficient (Wildman–Crippen LogP) is 5.25. The number of ether oxygens (including phenoxy) is 2. The van der Waals surface area contributed by atoms with Crippen LogP contribution >= 0.6 is 22.1 Å². The third-order valence-electron chi connectivity index (χ3n) is 11.6. The number of hydrogen-bond acceptors (Lipinski definition) is 12. The van der Waals surface area contributed by atoms with E-state index in [4.69, 9.17) is 14.6 Å². The van der Waals surface area contributed by atoms with Gasteiger partial charge in [-0.15, -0.1) is 0 Å². The fourth-order valence-electron chi connectivity index (χ4n) is 7.68. The van der Waals surface area contributed by atoms with Crippen LogP contribution in [0.1, 0.15) is 56.0 Å². The van der Waals surface area contributed by atoms with E-state index in [1.165, 1.54) is 26.1 Å². The summed E-state index contributed by atoms with van der Waals surface area (Å²) in [5.41, 5.74) is 6.49. The molecule has 0 amide bonds. The lowest BCUT2D eigenvalue weighted by molar-refractivity contribution is -0.139. The number of carboxylic acids is 1. The number of hydrogen-bond donors (Lipinski definition) is 4. The maximum Gasteiger partial charge on any atom is 0.341 e. The summed E-state index contributed by atoms with van der Waals surface area (Å²) in [5, 5.41) is 8.96. The average Bonchev–Trinajstić information content (AvgIpc) is 3.44. The van der Waals surface area contributed by atoms with E-state index in [0.29, 0.717) is 103 Å². The maximum absolute atomic E-state index is 13.2. The fraction of sp³-hybridized carbons (Fsp3) is 0.273. The molecule has 1 saturated heterocycles. The first-order chi connectivity index (χ1) is 35.1. The van der Waals surface area contributed by atoms with Crippen molar-refractivity contribution >= 4 is 44.4 Å². The number of carboxylic acid groups (broad SMARTS) is 1. The average molecular weight is 1060 g/mol. The lowest BCUT2D eigenvalue weighted by atomic mass is 10.1. The van der Waals surface area contributed by atoms with Crippen molar-refractivity contribution in [2.45, 2.75) is 26.6 Å². The van der Waals surface area contributed by atoms with Gasteiger partial charge in [0, 0.05) is 112 Å². The smallest absolute Gasteiger partial charge is 0.341 e. The van der Waals surface area contributed by atoms with Gasteiger partial charge in [0.15, 0.2) is 6.61 Å². The molecule has 4 heterocycles. The van der Waals surface area contributed by atoms with Crippen LogP contribution in [0.2, 0.25) is 0 Å². The second kappa shape index (κ2) is 24.6. The SMILES string of the molecule is COc1ccc(C#Cc2cc(CN3CCN(Cc4cc(C#Cc5ccc(C)cc5)cc(P(C)(=O)O)n4)CCN(Cc4cc(C#Cc5ccc(OCC(=O)O)cc5)cc(P(C)(=O)O)n4)CC3)nc(P(C)(=O)O)c2)cc1. The molecule has 1 fully saturated rings. The normalized spacial score (nSPS) is 15.8. The number of aliphatic carboxylic acids is 1. The minimum Gasteiger partial charge on any atom is -0.497 e. The number of rotatable bonds is 13. The zero-order valence-corrected chi connectivity index (χ0v) is 44.4. The summed E-state index contributed by atoms with van der Waals surface area (Å²) >= 11 is 0. The van der Waals surface area contributed by atoms with Crippen LogP contribution in [0.5, 0.6) is 11.5 Å². The van der Waals surface area contributed by atoms with Crippen molar-refractivity contribution in [3.63, 3.8) is 0 Å². The maximum atomic E-state index is 13.2. The highest BCUT2D eigenvalue weighted by Crippen LogP contribution is 2.35. The van der Waals surface area contributed by atoms with Crippen LogP contribution < -0.4 is 25.8 Å². The van der Waals surface area contributed by atoms with Crippen LogP contribution in [0.25, 0.3) is 0 Å². The Morgan fingerprint density at radius 3 is 1.09 bits per heavy atom. The van der Waals surface area contributed by atoms with Crippen LogP contribution in [0.3, 0.4) is 0 Å². The van der Waals surface area contributed by atoms with Gasteiger partial charge in [-0.2, -0.15) is 0 Å². The molecule has 7 rings (SSSR count). The van der Waals surface area contributed by atoms with Crippen molar-refractivity contribution in [1.29, 1.82) is 0 Å². The Morgan fingerprint density at radius 2 is 0.797 bits per heavy atom. The third-order valence-corrected chi connectivity index (χ3v) is 14.9. The molecule has 19 heteroatoms. The minimum absolute atomic E-state index is 0.00233. The van der Waals surface area contributed by atoms with Gasteiger partial charge in [-0.05, 0) is 104 Å². The molecule has 3 unspecified atom stereocenters. The summed E-state index contributed by atoms with van der Waals surface area (Å²) in [7, 11) is -9.87. The molecule has 1 aliphatic heterocycles. The molecular weight excluding hydrogens is 998 g/mol. The second-order valence-corrected chi connectivity index (χ2v) is 24.8. The lowest BCUT2D eigenvalue weighted by Gasteiger charge is -2.26. The van der Waals surface area contributed by atoms with E-state index in [1.54, 1.807) is 61.7 Å². The number of aryl methyl sites for hydroxylation is 1. The molecule has 6 aromatic rings. The Hall–Kier alpha value is -6.69. The van der Waals surface area contributed by atoms with Crippen LogP contribution in [0, 0.1) is 42.4 Å². The number of nitrogens with zero attached hydrogens (tertiary/aromatic N) is 6. The molecule has 382 valence electrons. The van der Waals surface area contributed by atoms with Gasteiger partial charge >= 0.3 is 5.97 Å². The molecule has 4 N–H and O–H groups in total. The zero-order valence-electron chi connectivity index (χ0n) is 41.7. The summed E-state index contributed by atoms with van der Waals surface area (Å²) in [4.78, 5) is 63.8. The largest absolute Gasteiger partial charge is 0.497 e. The van der Waals surface area contributed by atoms with Gasteiger partial charge in [0.2, 0.25) is 22.1 Å². The molecule has 0 bridgehead atoms. The van der Waals surface area contributed by atoms with E-state index in [1.807, 2.05) is 55.5 Å². The zero-order chi connectivity index (χ0) is 53.0. The number of aromatic nitrogens is 3. The van der Waals surface area contributed by atoms with Gasteiger partial charge < -0.3 is 29.3 Å². The first-order valence-electron chi connectivity index (χ1n) is 23.5. The van der Waals surface area contributed by atoms with Gasteiger partial charge in [-0.25, -0.2) is 19.7 Å². The van der Waals surface area contributed by atoms with Crippen LogP contribution in [0.15, 0.2) is 109 Å². The highest BCUT2D eigenvalue weighted by molar-refractivity contribution is 7.65. The molecule has 16 nitrogen and oxygen atoms in total. The molecule has 3 atom stereocenters. The van der Waals surface area contributed by atoms with Crippen molar-refractivity contribution in [1.82, 2.24) is 29.7 Å². The number of benzene rings is 3. The molecule has 3 aromatic heterocycles. The molecule has 0 spiro atoms. The lowest BCUT2D eigenvalue weighted by Crippen LogP contribution is -2.36. The summed E-state index contributed by atoms with van der Waals surface area (Å²) < 4.78 is 49.9. The summed E-state index contributed by atoms with van der Waals surface area (Å²) in [6, 6.07) is 31.7. The Balaban J connectivity index is 1.21. The Labute approximate surface area is 431 Å². The number of methoxy groups -OCH3 is 1. The van der Waals surface area contributed by atoms with Crippen LogP contribution in [-0.2, 0) is 38.1 Å². The van der Waals surface area contributed by atoms with Gasteiger partial charge in [0.1, 0.15) is 27.8 Å². The number of pyridine rings is 3. The first kappa shape index (κ1) is 55.1. The Kier molecular flexibility index (Phi) is 18.3. The van der Waals surface area contributed by atoms with Crippen molar-refractivity contribution in [3.8, 4) is 47.0 Å². The fourth-order valence-corrected chi connectivity index (χ4v) is 9.76. The third kappa shape index (κ3) is 16.9. The molecule has 74 heavy (non-hydrogen) atoms. The molecule has 1 aliphatic rings. The second-order valence-electron chi connectivity index (χ2n) is 18.1. The summed E-state index contributed by atoms with van der Waals surface area (Å²) in [5.74, 6) is 18.8. The molecular formula is C55H57N6O10P3. The molecule has 0 radical (unpaired) electrons. The molecule has 3 aromatic carbocycles. The van der Waals surface area contributed by atoms with Crippen molar-refractivity contribution < 1.29 is 47.8 Å². The summed E-state index contributed by atoms with van der Waals surface area (Å²) in [6.45, 7) is 9.29. The van der Waals surface area contributed by atoms with Crippen molar-refractivity contribution in [2.75, 3.05) is 73.0 Å². The van der Waals surface area contributed by atoms with E-state index in [2.05, 4.69) is 65.2 Å². The van der Waals surface area contributed by atoms with E-state index < -0.39 is 34.7 Å². The van der Waals surface area contributed by atoms with Crippen molar-refractivity contribution in [3.05, 3.63) is 165 Å². The standard InChI is InChI=1S/C55H57N6O10P3/c1-40-6-8-41(9-7-40)10-13-44-30-47(56-52(33-44)72(3,64)65)36-59-24-26-60(37-48-31-45(34-53(57-48)73(4,66)67)14-11-42-16-20-50(70-2)21-17-42)28-29-61(27-25-59)38-49-32-46(35-54(58-49)74(5,68)69)15-12-43-18-22-51(23-19-43)71-39-55(62)63/h6-9,16-23,30-35H,24-29,36-39H2,1-5H3,(H,62,63)(H,64,65)(H,66,67)(H,68,69). The minimum atomic E-state index is -3.85. The Bertz CT molecular complexity index is 3340. The monoisotopic (exact) mass is 1050 g/mol. The van der Waals surface area contributed by atoms with E-state index in [0.717, 1.165) is 16.7 Å². The molecule has 0 saturated carbocycles. The van der Waals surface area contributed by atoms with Crippen molar-refractivity contribution in [2.24, 2.45) is 0 Å². The van der Waals surface area contributed by atoms with E-state index in [9.17, 15) is 33.2 Å². The van der Waals surface area contributed by atoms with Gasteiger partial charge in [0.05, 0.1) is 24.2 Å². The van der Waals surface area contributed by atoms with Gasteiger partial charge in [0.25, 0.3) is 0 Å². The van der Waals surface area contributed by atoms with Crippen LogP contribution in [-0.4, -0.2) is 128 Å². The first-order valence-corrected chi connectivity index (χ1v) is 29.8. The topological polar surface area (TPSA) is 216 Å². The van der Waals surface area contributed by atoms with Gasteiger partial charge in [-0.1, -0.05) is 53.2 Å². The quantitative estimate of drug-likeness (QED) is 0.0859. The van der Waals surface area contributed by atoms with E-state index in [-0.39, 0.29) is 22.8 Å². The van der Waals surface area contributed by atoms with Gasteiger partial charge in [-0.3, -0.25) is 28.4 Å². The number of carbonyl (C=O) groups is 1. The highest BCUT2D eigenvalue weighted by Gasteiger charge is 2.24. The molecule has 0 aliphatic carbocycles. The predicted molar refractivity (Wildman–Crippen MR) is 286 cm³/mol. The van der Waals surface area contributed by atoms with E-state index >= 15 is 0 Å². The highest BCUT2D eigenvalue weighted by atomic mass is 31.2. The Morgan fingerprint density at radius 1 is 0.500 bits per heavy atom. The summed E-state index contributed by atoms with van der Waals surface area (Å²) in [6.07, 6.45) is 0.